The molecular formula is C20H24N2O5S. The Bertz CT molecular complexity index is 909. The van der Waals surface area contributed by atoms with Gasteiger partial charge in [-0.1, -0.05) is 30.3 Å². The molecule has 8 heteroatoms. The maximum absolute atomic E-state index is 12.7. The first-order chi connectivity index (χ1) is 13.5. The molecule has 28 heavy (non-hydrogen) atoms. The average Bonchev–Trinajstić information content (AvgIpc) is 2.72. The van der Waals surface area contributed by atoms with E-state index in [9.17, 15) is 13.2 Å². The average molecular weight is 404 g/mol. The van der Waals surface area contributed by atoms with Crippen LogP contribution in [0.2, 0.25) is 0 Å². The van der Waals surface area contributed by atoms with E-state index in [2.05, 4.69) is 5.32 Å². The molecule has 1 N–H and O–H groups in total. The third kappa shape index (κ3) is 5.09. The number of carbonyl (C=O) groups excluding carboxylic acids is 1. The highest BCUT2D eigenvalue weighted by Gasteiger charge is 2.26. The molecule has 3 rings (SSSR count). The minimum absolute atomic E-state index is 0.136. The molecule has 1 saturated heterocycles. The van der Waals surface area contributed by atoms with E-state index >= 15 is 0 Å². The summed E-state index contributed by atoms with van der Waals surface area (Å²) in [5.74, 6) is 0.240. The lowest BCUT2D eigenvalue weighted by molar-refractivity contribution is -0.123. The lowest BCUT2D eigenvalue weighted by Gasteiger charge is -2.26. The van der Waals surface area contributed by atoms with Crippen LogP contribution >= 0.6 is 0 Å². The van der Waals surface area contributed by atoms with Crippen molar-refractivity contribution in [3.63, 3.8) is 0 Å². The van der Waals surface area contributed by atoms with Crippen molar-refractivity contribution in [3.05, 3.63) is 59.7 Å². The summed E-state index contributed by atoms with van der Waals surface area (Å²) in [6.07, 6.45) is 0. The molecule has 7 nitrogen and oxygen atoms in total. The predicted octanol–water partition coefficient (Wildman–Crippen LogP) is 1.71. The van der Waals surface area contributed by atoms with Gasteiger partial charge < -0.3 is 14.8 Å². The summed E-state index contributed by atoms with van der Waals surface area (Å²) in [6.45, 7) is 3.55. The van der Waals surface area contributed by atoms with Crippen molar-refractivity contribution in [2.75, 3.05) is 32.9 Å². The summed E-state index contributed by atoms with van der Waals surface area (Å²) in [6, 6.07) is 14.3. The van der Waals surface area contributed by atoms with E-state index in [1.165, 1.54) is 10.4 Å². The van der Waals surface area contributed by atoms with Gasteiger partial charge in [0.2, 0.25) is 10.0 Å². The Morgan fingerprint density at radius 3 is 2.54 bits per heavy atom. The van der Waals surface area contributed by atoms with Crippen LogP contribution in [0.3, 0.4) is 0 Å². The zero-order chi connectivity index (χ0) is 20.0. The topological polar surface area (TPSA) is 84.9 Å². The first-order valence-electron chi connectivity index (χ1n) is 9.09. The first-order valence-corrected chi connectivity index (χ1v) is 10.5. The Labute approximate surface area is 165 Å². The molecule has 0 saturated carbocycles. The number of sulfonamides is 1. The van der Waals surface area contributed by atoms with Gasteiger partial charge in [-0.2, -0.15) is 4.31 Å². The largest absolute Gasteiger partial charge is 0.484 e. The number of nitrogens with zero attached hydrogens (tertiary/aromatic N) is 1. The smallest absolute Gasteiger partial charge is 0.258 e. The van der Waals surface area contributed by atoms with Crippen molar-refractivity contribution in [1.82, 2.24) is 9.62 Å². The Hall–Kier alpha value is -2.42. The fraction of sp³-hybridized carbons (Fsp3) is 0.350. The second kappa shape index (κ2) is 9.18. The van der Waals surface area contributed by atoms with Gasteiger partial charge in [0.25, 0.3) is 5.91 Å². The molecular weight excluding hydrogens is 380 g/mol. The van der Waals surface area contributed by atoms with E-state index in [1.54, 1.807) is 19.1 Å². The number of ether oxygens (including phenoxy) is 2. The quantitative estimate of drug-likeness (QED) is 0.759. The molecule has 1 aliphatic heterocycles. The molecule has 2 aromatic rings. The highest BCUT2D eigenvalue weighted by Crippen LogP contribution is 2.24. The van der Waals surface area contributed by atoms with Gasteiger partial charge in [0.15, 0.2) is 6.61 Å². The second-order valence-electron chi connectivity index (χ2n) is 6.49. The number of aryl methyl sites for hydroxylation is 1. The summed E-state index contributed by atoms with van der Waals surface area (Å²) < 4.78 is 37.6. The van der Waals surface area contributed by atoms with Gasteiger partial charge in [0, 0.05) is 19.6 Å². The van der Waals surface area contributed by atoms with E-state index in [0.29, 0.717) is 44.2 Å². The third-order valence-electron chi connectivity index (χ3n) is 4.45. The Morgan fingerprint density at radius 2 is 1.86 bits per heavy atom. The van der Waals surface area contributed by atoms with E-state index in [0.717, 1.165) is 5.56 Å². The van der Waals surface area contributed by atoms with Crippen molar-refractivity contribution in [2.24, 2.45) is 0 Å². The van der Waals surface area contributed by atoms with Gasteiger partial charge in [-0.15, -0.1) is 0 Å². The monoisotopic (exact) mass is 404 g/mol. The number of hydrogen-bond acceptors (Lipinski definition) is 5. The minimum Gasteiger partial charge on any atom is -0.484 e. The Balaban J connectivity index is 1.57. The number of amides is 1. The number of nitrogens with one attached hydrogen (secondary N) is 1. The molecule has 1 aliphatic rings. The lowest BCUT2D eigenvalue weighted by atomic mass is 10.2. The molecule has 0 spiro atoms. The number of morpholine rings is 1. The number of rotatable bonds is 7. The third-order valence-corrected chi connectivity index (χ3v) is 6.34. The molecule has 1 amide bonds. The van der Waals surface area contributed by atoms with Crippen molar-refractivity contribution in [1.29, 1.82) is 0 Å². The van der Waals surface area contributed by atoms with Gasteiger partial charge in [-0.05, 0) is 36.2 Å². The van der Waals surface area contributed by atoms with Gasteiger partial charge in [0.05, 0.1) is 18.1 Å². The van der Waals surface area contributed by atoms with Crippen molar-refractivity contribution < 1.29 is 22.7 Å². The molecule has 1 heterocycles. The summed E-state index contributed by atoms with van der Waals surface area (Å²) in [5, 5.41) is 2.79. The summed E-state index contributed by atoms with van der Waals surface area (Å²) >= 11 is 0. The van der Waals surface area contributed by atoms with Crippen LogP contribution in [0.4, 0.5) is 0 Å². The fourth-order valence-corrected chi connectivity index (χ4v) is 4.36. The fourth-order valence-electron chi connectivity index (χ4n) is 2.87. The van der Waals surface area contributed by atoms with Gasteiger partial charge in [0.1, 0.15) is 5.75 Å². The van der Waals surface area contributed by atoms with Crippen LogP contribution in [-0.4, -0.2) is 51.5 Å². The SMILES string of the molecule is Cc1cc(S(=O)(=O)N2CCOCC2)ccc1OCC(=O)NCc1ccccc1. The number of hydrogen-bond donors (Lipinski definition) is 1. The first kappa shape index (κ1) is 20.3. The molecule has 0 radical (unpaired) electrons. The van der Waals surface area contributed by atoms with E-state index in [1.807, 2.05) is 30.3 Å². The van der Waals surface area contributed by atoms with E-state index in [-0.39, 0.29) is 17.4 Å². The van der Waals surface area contributed by atoms with Crippen LogP contribution in [0.1, 0.15) is 11.1 Å². The van der Waals surface area contributed by atoms with E-state index < -0.39 is 10.0 Å². The van der Waals surface area contributed by atoms with Crippen LogP contribution in [-0.2, 0) is 26.1 Å². The van der Waals surface area contributed by atoms with Gasteiger partial charge in [-0.3, -0.25) is 4.79 Å². The molecule has 2 aromatic carbocycles. The Morgan fingerprint density at radius 1 is 1.14 bits per heavy atom. The van der Waals surface area contributed by atoms with Crippen LogP contribution in [0, 0.1) is 6.92 Å². The van der Waals surface area contributed by atoms with Crippen LogP contribution in [0.5, 0.6) is 5.75 Å². The molecule has 150 valence electrons. The molecule has 0 aliphatic carbocycles. The maximum atomic E-state index is 12.7. The standard InChI is InChI=1S/C20H24N2O5S/c1-16-13-18(28(24,25)22-9-11-26-12-10-22)7-8-19(16)27-15-20(23)21-14-17-5-3-2-4-6-17/h2-8,13H,9-12,14-15H2,1H3,(H,21,23). The van der Waals surface area contributed by atoms with Crippen molar-refractivity contribution in [2.45, 2.75) is 18.4 Å². The highest BCUT2D eigenvalue weighted by molar-refractivity contribution is 7.89. The molecule has 0 unspecified atom stereocenters. The molecule has 0 bridgehead atoms. The van der Waals surface area contributed by atoms with Crippen LogP contribution < -0.4 is 10.1 Å². The van der Waals surface area contributed by atoms with Crippen LogP contribution in [0.15, 0.2) is 53.4 Å². The predicted molar refractivity (Wildman–Crippen MR) is 105 cm³/mol. The maximum Gasteiger partial charge on any atom is 0.258 e. The van der Waals surface area contributed by atoms with Crippen LogP contribution in [0.25, 0.3) is 0 Å². The van der Waals surface area contributed by atoms with Gasteiger partial charge >= 0.3 is 0 Å². The Kier molecular flexibility index (Phi) is 6.66. The van der Waals surface area contributed by atoms with Gasteiger partial charge in [-0.25, -0.2) is 8.42 Å². The summed E-state index contributed by atoms with van der Waals surface area (Å²) in [7, 11) is -3.55. The number of benzene rings is 2. The van der Waals surface area contributed by atoms with Crippen molar-refractivity contribution in [3.8, 4) is 5.75 Å². The second-order valence-corrected chi connectivity index (χ2v) is 8.43. The minimum atomic E-state index is -3.55. The molecule has 0 aromatic heterocycles. The number of carbonyl (C=O) groups is 1. The highest BCUT2D eigenvalue weighted by atomic mass is 32.2. The summed E-state index contributed by atoms with van der Waals surface area (Å²) in [5.41, 5.74) is 1.66. The zero-order valence-electron chi connectivity index (χ0n) is 15.8. The van der Waals surface area contributed by atoms with Crippen molar-refractivity contribution >= 4 is 15.9 Å². The lowest BCUT2D eigenvalue weighted by Crippen LogP contribution is -2.40. The summed E-state index contributed by atoms with van der Waals surface area (Å²) in [4.78, 5) is 12.2. The van der Waals surface area contributed by atoms with E-state index in [4.69, 9.17) is 9.47 Å². The molecule has 0 atom stereocenters. The molecule has 1 fully saturated rings. The zero-order valence-corrected chi connectivity index (χ0v) is 16.6. The normalized spacial score (nSPS) is 15.2.